The van der Waals surface area contributed by atoms with E-state index in [4.69, 9.17) is 9.47 Å². The van der Waals surface area contributed by atoms with Crippen molar-refractivity contribution in [2.24, 2.45) is 5.92 Å². The van der Waals surface area contributed by atoms with Crippen molar-refractivity contribution in [2.75, 3.05) is 26.4 Å². The maximum absolute atomic E-state index is 11.2. The fraction of sp³-hybridized carbons (Fsp3) is 0.889. The predicted octanol–water partition coefficient (Wildman–Crippen LogP) is 0.174. The summed E-state index contributed by atoms with van der Waals surface area (Å²) in [5.41, 5.74) is 0. The summed E-state index contributed by atoms with van der Waals surface area (Å²) in [7, 11) is 0. The molecule has 0 radical (unpaired) electrons. The second-order valence-corrected chi connectivity index (χ2v) is 3.30. The summed E-state index contributed by atoms with van der Waals surface area (Å²) in [6.45, 7) is 6.33. The van der Waals surface area contributed by atoms with Crippen LogP contribution in [0.4, 0.5) is 0 Å². The van der Waals surface area contributed by atoms with Crippen LogP contribution >= 0.6 is 0 Å². The molecule has 4 nitrogen and oxygen atoms in total. The van der Waals surface area contributed by atoms with Gasteiger partial charge in [-0.3, -0.25) is 4.79 Å². The van der Waals surface area contributed by atoms with Crippen LogP contribution in [0.25, 0.3) is 0 Å². The summed E-state index contributed by atoms with van der Waals surface area (Å²) in [6.07, 6.45) is 0. The Hall–Kier alpha value is -0.610. The molecule has 1 fully saturated rings. The second-order valence-electron chi connectivity index (χ2n) is 3.30. The number of hydrogen-bond donors (Lipinski definition) is 1. The van der Waals surface area contributed by atoms with Gasteiger partial charge in [-0.2, -0.15) is 0 Å². The minimum Gasteiger partial charge on any atom is -0.466 e. The summed E-state index contributed by atoms with van der Waals surface area (Å²) >= 11 is 0. The van der Waals surface area contributed by atoms with Gasteiger partial charge in [-0.25, -0.2) is 0 Å². The number of ether oxygens (including phenoxy) is 2. The van der Waals surface area contributed by atoms with Crippen molar-refractivity contribution >= 4 is 5.97 Å². The van der Waals surface area contributed by atoms with E-state index in [2.05, 4.69) is 5.32 Å². The average molecular weight is 187 g/mol. The lowest BCUT2D eigenvalue weighted by atomic mass is 10.1. The first kappa shape index (κ1) is 10.5. The first-order valence-electron chi connectivity index (χ1n) is 4.71. The smallest absolute Gasteiger partial charge is 0.309 e. The van der Waals surface area contributed by atoms with E-state index in [0.29, 0.717) is 19.2 Å². The van der Waals surface area contributed by atoms with E-state index in [1.165, 1.54) is 0 Å². The Labute approximate surface area is 78.6 Å². The van der Waals surface area contributed by atoms with Crippen LogP contribution < -0.4 is 5.32 Å². The van der Waals surface area contributed by atoms with Gasteiger partial charge < -0.3 is 14.8 Å². The van der Waals surface area contributed by atoms with E-state index in [-0.39, 0.29) is 11.9 Å². The lowest BCUT2D eigenvalue weighted by Crippen LogP contribution is -2.48. The number of esters is 1. The van der Waals surface area contributed by atoms with Gasteiger partial charge in [0.15, 0.2) is 0 Å². The molecular weight excluding hydrogens is 170 g/mol. The Balaban J connectivity index is 2.08. The van der Waals surface area contributed by atoms with Gasteiger partial charge in [-0.05, 0) is 6.92 Å². The molecule has 1 aliphatic rings. The van der Waals surface area contributed by atoms with E-state index in [1.54, 1.807) is 0 Å². The SMILES string of the molecule is CCOC(=O)C(C)CNC1COC1. The molecule has 0 aromatic rings. The topological polar surface area (TPSA) is 47.6 Å². The number of carbonyl (C=O) groups excluding carboxylic acids is 1. The molecule has 0 aromatic heterocycles. The third-order valence-electron chi connectivity index (χ3n) is 2.04. The van der Waals surface area contributed by atoms with Crippen molar-refractivity contribution in [2.45, 2.75) is 19.9 Å². The van der Waals surface area contributed by atoms with Gasteiger partial charge in [0, 0.05) is 6.54 Å². The average Bonchev–Trinajstić information content (AvgIpc) is 2.01. The van der Waals surface area contributed by atoms with Crippen LogP contribution in [0.1, 0.15) is 13.8 Å². The van der Waals surface area contributed by atoms with E-state index < -0.39 is 0 Å². The van der Waals surface area contributed by atoms with Gasteiger partial charge in [0.05, 0.1) is 31.8 Å². The molecule has 1 rings (SSSR count). The zero-order valence-electron chi connectivity index (χ0n) is 8.21. The van der Waals surface area contributed by atoms with Gasteiger partial charge in [0.1, 0.15) is 0 Å². The molecule has 4 heteroatoms. The fourth-order valence-electron chi connectivity index (χ4n) is 1.06. The van der Waals surface area contributed by atoms with Crippen molar-refractivity contribution in [3.05, 3.63) is 0 Å². The molecule has 76 valence electrons. The highest BCUT2D eigenvalue weighted by molar-refractivity contribution is 5.72. The Morgan fingerprint density at radius 2 is 2.38 bits per heavy atom. The molecule has 1 heterocycles. The Morgan fingerprint density at radius 1 is 1.69 bits per heavy atom. The molecule has 1 atom stereocenters. The van der Waals surface area contributed by atoms with Crippen molar-refractivity contribution in [1.82, 2.24) is 5.32 Å². The quantitative estimate of drug-likeness (QED) is 0.623. The van der Waals surface area contributed by atoms with E-state index in [9.17, 15) is 4.79 Å². The van der Waals surface area contributed by atoms with Crippen LogP contribution in [0.3, 0.4) is 0 Å². The monoisotopic (exact) mass is 187 g/mol. The van der Waals surface area contributed by atoms with Gasteiger partial charge >= 0.3 is 5.97 Å². The Morgan fingerprint density at radius 3 is 2.85 bits per heavy atom. The summed E-state index contributed by atoms with van der Waals surface area (Å²) in [5.74, 6) is -0.198. The van der Waals surface area contributed by atoms with Crippen LogP contribution in [0.15, 0.2) is 0 Å². The molecule has 1 saturated heterocycles. The molecule has 13 heavy (non-hydrogen) atoms. The molecule has 1 aliphatic heterocycles. The first-order chi connectivity index (χ1) is 6.24. The van der Waals surface area contributed by atoms with Crippen molar-refractivity contribution in [3.8, 4) is 0 Å². The Kier molecular flexibility index (Phi) is 4.18. The van der Waals surface area contributed by atoms with Gasteiger partial charge in [-0.15, -0.1) is 0 Å². The molecule has 1 unspecified atom stereocenters. The summed E-state index contributed by atoms with van der Waals surface area (Å²) < 4.78 is 9.87. The molecule has 0 aliphatic carbocycles. The van der Waals surface area contributed by atoms with Crippen LogP contribution in [0, 0.1) is 5.92 Å². The number of nitrogens with one attached hydrogen (secondary N) is 1. The molecular formula is C9H17NO3. The van der Waals surface area contributed by atoms with E-state index >= 15 is 0 Å². The lowest BCUT2D eigenvalue weighted by molar-refractivity contribution is -0.147. The van der Waals surface area contributed by atoms with Crippen molar-refractivity contribution in [1.29, 1.82) is 0 Å². The number of hydrogen-bond acceptors (Lipinski definition) is 4. The van der Waals surface area contributed by atoms with Crippen LogP contribution in [-0.4, -0.2) is 38.4 Å². The lowest BCUT2D eigenvalue weighted by Gasteiger charge is -2.27. The molecule has 0 amide bonds. The molecule has 1 N–H and O–H groups in total. The highest BCUT2D eigenvalue weighted by Gasteiger charge is 2.20. The second kappa shape index (κ2) is 5.19. The summed E-state index contributed by atoms with van der Waals surface area (Å²) in [5, 5.41) is 3.23. The van der Waals surface area contributed by atoms with Crippen molar-refractivity contribution < 1.29 is 14.3 Å². The predicted molar refractivity (Wildman–Crippen MR) is 48.4 cm³/mol. The van der Waals surface area contributed by atoms with Crippen LogP contribution in [-0.2, 0) is 14.3 Å². The number of carbonyl (C=O) groups is 1. The zero-order valence-corrected chi connectivity index (χ0v) is 8.21. The standard InChI is InChI=1S/C9H17NO3/c1-3-13-9(11)7(2)4-10-8-5-12-6-8/h7-8,10H,3-6H2,1-2H3. The van der Waals surface area contributed by atoms with Gasteiger partial charge in [0.2, 0.25) is 0 Å². The maximum atomic E-state index is 11.2. The van der Waals surface area contributed by atoms with Gasteiger partial charge in [-0.1, -0.05) is 6.92 Å². The highest BCUT2D eigenvalue weighted by Crippen LogP contribution is 2.02. The molecule has 0 bridgehead atoms. The third-order valence-corrected chi connectivity index (χ3v) is 2.04. The minimum atomic E-state index is -0.129. The largest absolute Gasteiger partial charge is 0.466 e. The normalized spacial score (nSPS) is 19.2. The molecule has 0 saturated carbocycles. The Bertz CT molecular complexity index is 168. The van der Waals surface area contributed by atoms with Crippen molar-refractivity contribution in [3.63, 3.8) is 0 Å². The van der Waals surface area contributed by atoms with E-state index in [1.807, 2.05) is 13.8 Å². The highest BCUT2D eigenvalue weighted by atomic mass is 16.5. The minimum absolute atomic E-state index is 0.0689. The number of rotatable bonds is 5. The maximum Gasteiger partial charge on any atom is 0.309 e. The molecule has 0 aromatic carbocycles. The molecule has 0 spiro atoms. The third kappa shape index (κ3) is 3.32. The zero-order chi connectivity index (χ0) is 9.68. The summed E-state index contributed by atoms with van der Waals surface area (Å²) in [4.78, 5) is 11.2. The van der Waals surface area contributed by atoms with Crippen LogP contribution in [0.2, 0.25) is 0 Å². The van der Waals surface area contributed by atoms with Crippen LogP contribution in [0.5, 0.6) is 0 Å². The summed E-state index contributed by atoms with van der Waals surface area (Å²) in [6, 6.07) is 0.428. The first-order valence-corrected chi connectivity index (χ1v) is 4.71. The fourth-order valence-corrected chi connectivity index (χ4v) is 1.06. The van der Waals surface area contributed by atoms with E-state index in [0.717, 1.165) is 13.2 Å². The van der Waals surface area contributed by atoms with Gasteiger partial charge in [0.25, 0.3) is 0 Å².